The van der Waals surface area contributed by atoms with Crippen molar-refractivity contribution < 1.29 is 14.3 Å². The zero-order valence-corrected chi connectivity index (χ0v) is 12.9. The van der Waals surface area contributed by atoms with E-state index >= 15 is 0 Å². The highest BCUT2D eigenvalue weighted by Gasteiger charge is 2.39. The van der Waals surface area contributed by atoms with Crippen molar-refractivity contribution in [3.8, 4) is 0 Å². The molecule has 5 nitrogen and oxygen atoms in total. The summed E-state index contributed by atoms with van der Waals surface area (Å²) in [6.07, 6.45) is -0.729. The molecule has 1 amide bonds. The molecule has 0 spiro atoms. The Labute approximate surface area is 132 Å². The summed E-state index contributed by atoms with van der Waals surface area (Å²) in [5.74, 6) is -0.338. The quantitative estimate of drug-likeness (QED) is 0.894. The summed E-state index contributed by atoms with van der Waals surface area (Å²) in [5.41, 5.74) is 1.71. The SMILES string of the molecule is CC1(C)CN(C(=O)O)c2cc(Cc3ccc(F)cc3)c(=O)[nH]c21. The highest BCUT2D eigenvalue weighted by Crippen LogP contribution is 2.38. The molecule has 0 bridgehead atoms. The fourth-order valence-electron chi connectivity index (χ4n) is 2.97. The summed E-state index contributed by atoms with van der Waals surface area (Å²) in [7, 11) is 0. The second kappa shape index (κ2) is 5.22. The van der Waals surface area contributed by atoms with Crippen molar-refractivity contribution in [1.82, 2.24) is 4.98 Å². The number of hydrogen-bond acceptors (Lipinski definition) is 2. The molecule has 2 aromatic rings. The minimum Gasteiger partial charge on any atom is -0.465 e. The number of H-pyrrole nitrogens is 1. The molecule has 23 heavy (non-hydrogen) atoms. The molecule has 0 radical (unpaired) electrons. The maximum Gasteiger partial charge on any atom is 0.411 e. The third-order valence-corrected chi connectivity index (χ3v) is 4.16. The van der Waals surface area contributed by atoms with Crippen LogP contribution in [-0.4, -0.2) is 22.7 Å². The molecule has 1 aliphatic heterocycles. The first-order valence-electron chi connectivity index (χ1n) is 7.29. The van der Waals surface area contributed by atoms with E-state index in [9.17, 15) is 19.1 Å². The maximum atomic E-state index is 13.0. The molecular weight excluding hydrogens is 299 g/mol. The lowest BCUT2D eigenvalue weighted by molar-refractivity contribution is 0.201. The van der Waals surface area contributed by atoms with Crippen LogP contribution in [0.1, 0.15) is 30.7 Å². The van der Waals surface area contributed by atoms with Crippen LogP contribution in [-0.2, 0) is 11.8 Å². The second-order valence-electron chi connectivity index (χ2n) is 6.44. The van der Waals surface area contributed by atoms with Crippen LogP contribution in [0.3, 0.4) is 0 Å². The van der Waals surface area contributed by atoms with Gasteiger partial charge in [0.05, 0.1) is 5.69 Å². The standard InChI is InChI=1S/C17H17FN2O3/c1-17(2)9-20(16(22)23)13-8-11(15(21)19-14(13)17)7-10-3-5-12(18)6-4-10/h3-6,8H,7,9H2,1-2H3,(H,19,21)(H,22,23). The Hall–Kier alpha value is -2.63. The van der Waals surface area contributed by atoms with Crippen molar-refractivity contribution in [2.24, 2.45) is 0 Å². The number of nitrogens with zero attached hydrogens (tertiary/aromatic N) is 1. The number of rotatable bonds is 2. The average Bonchev–Trinajstić information content (AvgIpc) is 2.74. The first kappa shape index (κ1) is 15.3. The van der Waals surface area contributed by atoms with Crippen LogP contribution in [0.2, 0.25) is 0 Å². The highest BCUT2D eigenvalue weighted by atomic mass is 19.1. The fourth-order valence-corrected chi connectivity index (χ4v) is 2.97. The molecule has 1 aromatic heterocycles. The maximum absolute atomic E-state index is 13.0. The van der Waals surface area contributed by atoms with Gasteiger partial charge in [-0.15, -0.1) is 0 Å². The third-order valence-electron chi connectivity index (χ3n) is 4.16. The summed E-state index contributed by atoms with van der Waals surface area (Å²) in [5, 5.41) is 9.36. The number of fused-ring (bicyclic) bond motifs is 1. The minimum absolute atomic E-state index is 0.242. The van der Waals surface area contributed by atoms with E-state index in [0.717, 1.165) is 5.56 Å². The summed E-state index contributed by atoms with van der Waals surface area (Å²) in [6.45, 7) is 4.09. The van der Waals surface area contributed by atoms with E-state index in [-0.39, 0.29) is 11.4 Å². The number of pyridine rings is 1. The molecule has 120 valence electrons. The van der Waals surface area contributed by atoms with Crippen molar-refractivity contribution in [3.05, 3.63) is 63.3 Å². The molecule has 2 N–H and O–H groups in total. The van der Waals surface area contributed by atoms with E-state index in [2.05, 4.69) is 4.98 Å². The molecule has 3 rings (SSSR count). The number of hydrogen-bond donors (Lipinski definition) is 2. The summed E-state index contributed by atoms with van der Waals surface area (Å²) in [6, 6.07) is 7.52. The van der Waals surface area contributed by atoms with Gasteiger partial charge in [0, 0.05) is 29.6 Å². The van der Waals surface area contributed by atoms with Crippen LogP contribution in [0.5, 0.6) is 0 Å². The van der Waals surface area contributed by atoms with Crippen LogP contribution in [0.4, 0.5) is 14.9 Å². The second-order valence-corrected chi connectivity index (χ2v) is 6.44. The molecule has 1 aromatic carbocycles. The Morgan fingerprint density at radius 1 is 1.35 bits per heavy atom. The van der Waals surface area contributed by atoms with Crippen molar-refractivity contribution in [2.75, 3.05) is 11.4 Å². The number of halogens is 1. The number of amides is 1. The predicted molar refractivity (Wildman–Crippen MR) is 84.7 cm³/mol. The topological polar surface area (TPSA) is 73.4 Å². The van der Waals surface area contributed by atoms with Gasteiger partial charge in [0.15, 0.2) is 0 Å². The minimum atomic E-state index is -1.04. The number of anilines is 1. The molecule has 0 fully saturated rings. The number of nitrogens with one attached hydrogen (secondary N) is 1. The fraction of sp³-hybridized carbons (Fsp3) is 0.294. The largest absolute Gasteiger partial charge is 0.465 e. The van der Waals surface area contributed by atoms with E-state index in [1.54, 1.807) is 18.2 Å². The van der Waals surface area contributed by atoms with Gasteiger partial charge >= 0.3 is 6.09 Å². The smallest absolute Gasteiger partial charge is 0.411 e. The zero-order valence-electron chi connectivity index (χ0n) is 12.9. The lowest BCUT2D eigenvalue weighted by Gasteiger charge is -2.17. The Morgan fingerprint density at radius 3 is 2.61 bits per heavy atom. The Kier molecular flexibility index (Phi) is 3.47. The first-order chi connectivity index (χ1) is 10.8. The Morgan fingerprint density at radius 2 is 2.00 bits per heavy atom. The van der Waals surface area contributed by atoms with E-state index < -0.39 is 11.5 Å². The molecule has 0 saturated carbocycles. The molecule has 6 heteroatoms. The van der Waals surface area contributed by atoms with Crippen molar-refractivity contribution in [3.63, 3.8) is 0 Å². The van der Waals surface area contributed by atoms with Crippen LogP contribution < -0.4 is 10.5 Å². The summed E-state index contributed by atoms with van der Waals surface area (Å²) >= 11 is 0. The van der Waals surface area contributed by atoms with Gasteiger partial charge in [-0.3, -0.25) is 9.69 Å². The summed E-state index contributed by atoms with van der Waals surface area (Å²) in [4.78, 5) is 27.8. The molecule has 0 unspecified atom stereocenters. The van der Waals surface area contributed by atoms with Gasteiger partial charge in [-0.25, -0.2) is 9.18 Å². The molecule has 2 heterocycles. The third kappa shape index (κ3) is 2.72. The van der Waals surface area contributed by atoms with Crippen molar-refractivity contribution in [2.45, 2.75) is 25.7 Å². The van der Waals surface area contributed by atoms with Crippen LogP contribution in [0.25, 0.3) is 0 Å². The number of carbonyl (C=O) groups is 1. The molecular formula is C17H17FN2O3. The number of aromatic amines is 1. The monoisotopic (exact) mass is 316 g/mol. The van der Waals surface area contributed by atoms with Gasteiger partial charge in [0.25, 0.3) is 5.56 Å². The summed E-state index contributed by atoms with van der Waals surface area (Å²) < 4.78 is 13.0. The van der Waals surface area contributed by atoms with E-state index in [1.807, 2.05) is 13.8 Å². The molecule has 0 aliphatic carbocycles. The first-order valence-corrected chi connectivity index (χ1v) is 7.29. The lowest BCUT2D eigenvalue weighted by Crippen LogP contribution is -2.32. The van der Waals surface area contributed by atoms with Crippen LogP contribution in [0, 0.1) is 5.82 Å². The van der Waals surface area contributed by atoms with Gasteiger partial charge in [-0.2, -0.15) is 0 Å². The highest BCUT2D eigenvalue weighted by molar-refractivity contribution is 5.89. The molecule has 1 aliphatic rings. The van der Waals surface area contributed by atoms with Gasteiger partial charge in [0.2, 0.25) is 0 Å². The average molecular weight is 316 g/mol. The van der Waals surface area contributed by atoms with Gasteiger partial charge < -0.3 is 10.1 Å². The van der Waals surface area contributed by atoms with Gasteiger partial charge in [-0.1, -0.05) is 26.0 Å². The lowest BCUT2D eigenvalue weighted by atomic mass is 9.91. The van der Waals surface area contributed by atoms with Crippen LogP contribution in [0.15, 0.2) is 35.1 Å². The van der Waals surface area contributed by atoms with E-state index in [0.29, 0.717) is 29.9 Å². The Bertz CT molecular complexity index is 825. The van der Waals surface area contributed by atoms with Crippen LogP contribution >= 0.6 is 0 Å². The van der Waals surface area contributed by atoms with E-state index in [4.69, 9.17) is 0 Å². The predicted octanol–water partition coefficient (Wildman–Crippen LogP) is 2.88. The normalized spacial score (nSPS) is 15.5. The van der Waals surface area contributed by atoms with Gasteiger partial charge in [-0.05, 0) is 23.8 Å². The van der Waals surface area contributed by atoms with E-state index in [1.165, 1.54) is 17.0 Å². The Balaban J connectivity index is 2.04. The van der Waals surface area contributed by atoms with Crippen molar-refractivity contribution >= 4 is 11.8 Å². The number of benzene rings is 1. The zero-order chi connectivity index (χ0) is 16.8. The molecule has 0 saturated heterocycles. The number of carboxylic acid groups (broad SMARTS) is 1. The number of aromatic nitrogens is 1. The molecule has 0 atom stereocenters. The van der Waals surface area contributed by atoms with Gasteiger partial charge in [0.1, 0.15) is 5.82 Å². The van der Waals surface area contributed by atoms with Crippen molar-refractivity contribution in [1.29, 1.82) is 0 Å².